The molecule has 0 fully saturated rings. The van der Waals surface area contributed by atoms with E-state index in [0.717, 1.165) is 30.2 Å². The van der Waals surface area contributed by atoms with Crippen LogP contribution >= 0.6 is 0 Å². The molecule has 1 N–H and O–H groups in total. The Morgan fingerprint density at radius 1 is 0.667 bits per heavy atom. The molecule has 10 heteroatoms. The zero-order chi connectivity index (χ0) is 30.4. The quantitative estimate of drug-likeness (QED) is 0.0720. The van der Waals surface area contributed by atoms with E-state index in [1.165, 1.54) is 38.5 Å². The molecule has 0 bridgehead atoms. The van der Waals surface area contributed by atoms with Crippen molar-refractivity contribution in [3.05, 3.63) is 36.4 Å². The first-order chi connectivity index (χ1) is 20.7. The normalized spacial score (nSPS) is 11.1. The van der Waals surface area contributed by atoms with Crippen LogP contribution in [-0.2, 0) is 44.4 Å². The van der Waals surface area contributed by atoms with Crippen molar-refractivity contribution in [2.75, 3.05) is 92.5 Å². The summed E-state index contributed by atoms with van der Waals surface area (Å²) in [7, 11) is 0. The highest BCUT2D eigenvalue weighted by atomic mass is 16.6. The number of hydrogen-bond acceptors (Lipinski definition) is 10. The van der Waals surface area contributed by atoms with Gasteiger partial charge in [0.15, 0.2) is 0 Å². The second-order valence-electron chi connectivity index (χ2n) is 9.56. The third kappa shape index (κ3) is 23.4. The van der Waals surface area contributed by atoms with Crippen LogP contribution in [0.1, 0.15) is 57.4 Å². The first-order valence-electron chi connectivity index (χ1n) is 15.4. The van der Waals surface area contributed by atoms with Crippen LogP contribution in [0.5, 0.6) is 11.5 Å². The third-order valence-electron chi connectivity index (χ3n) is 6.08. The van der Waals surface area contributed by atoms with Crippen LogP contribution in [0.25, 0.3) is 0 Å². The Morgan fingerprint density at radius 2 is 1.12 bits per heavy atom. The van der Waals surface area contributed by atoms with Gasteiger partial charge in [0.05, 0.1) is 79.3 Å². The van der Waals surface area contributed by atoms with Crippen LogP contribution < -0.4 is 4.74 Å². The van der Waals surface area contributed by atoms with Gasteiger partial charge in [0.2, 0.25) is 0 Å². The fraction of sp³-hybridized carbons (Fsp3) is 0.719. The minimum atomic E-state index is -0.457. The number of aromatic hydroxyl groups is 1. The van der Waals surface area contributed by atoms with Crippen molar-refractivity contribution in [1.82, 2.24) is 0 Å². The summed E-state index contributed by atoms with van der Waals surface area (Å²) in [4.78, 5) is 10.8. The average Bonchev–Trinajstić information content (AvgIpc) is 2.99. The summed E-state index contributed by atoms with van der Waals surface area (Å²) in [6.45, 7) is 11.7. The molecule has 0 aromatic heterocycles. The Morgan fingerprint density at radius 3 is 1.62 bits per heavy atom. The molecule has 0 saturated carbocycles. The van der Waals surface area contributed by atoms with Crippen LogP contribution in [0.3, 0.4) is 0 Å². The smallest absolute Gasteiger partial charge is 0.330 e. The molecule has 0 spiro atoms. The topological polar surface area (TPSA) is 111 Å². The fourth-order valence-electron chi connectivity index (χ4n) is 3.85. The Balaban J connectivity index is 1.86. The number of ether oxygens (including phenoxy) is 8. The van der Waals surface area contributed by atoms with E-state index in [4.69, 9.17) is 37.9 Å². The SMILES string of the molecule is C=CC(=O)OCCOCCOCCOCCOCCOCCOCCOc1ccc(O)cc1CCCCCCCCC. The van der Waals surface area contributed by atoms with Gasteiger partial charge < -0.3 is 43.0 Å². The lowest BCUT2D eigenvalue weighted by Crippen LogP contribution is -2.15. The number of aryl methyl sites for hydroxylation is 1. The highest BCUT2D eigenvalue weighted by Gasteiger charge is 2.06. The standard InChI is InChI=1S/C32H54O10/c1-3-5-6-7-8-9-10-11-29-28-30(33)12-13-31(29)41-26-24-39-22-20-37-18-16-35-14-15-36-17-19-38-21-23-40-25-27-42-32(34)4-2/h4,12-13,28,33H,2-3,5-11,14-27H2,1H3. The second-order valence-corrected chi connectivity index (χ2v) is 9.56. The molecule has 0 aliphatic carbocycles. The van der Waals surface area contributed by atoms with Crippen molar-refractivity contribution in [3.63, 3.8) is 0 Å². The minimum Gasteiger partial charge on any atom is -0.508 e. The largest absolute Gasteiger partial charge is 0.508 e. The van der Waals surface area contributed by atoms with Crippen LogP contribution in [0.4, 0.5) is 0 Å². The monoisotopic (exact) mass is 598 g/mol. The van der Waals surface area contributed by atoms with Gasteiger partial charge in [-0.2, -0.15) is 0 Å². The molecule has 0 amide bonds. The zero-order valence-corrected chi connectivity index (χ0v) is 25.7. The molecule has 0 saturated heterocycles. The summed E-state index contributed by atoms with van der Waals surface area (Å²) < 4.78 is 43.4. The van der Waals surface area contributed by atoms with E-state index in [-0.39, 0.29) is 12.4 Å². The van der Waals surface area contributed by atoms with Crippen LogP contribution in [0, 0.1) is 0 Å². The number of hydrogen-bond donors (Lipinski definition) is 1. The maximum absolute atomic E-state index is 10.8. The Bertz CT molecular complexity index is 774. The Hall–Kier alpha value is -2.21. The highest BCUT2D eigenvalue weighted by Crippen LogP contribution is 2.25. The summed E-state index contributed by atoms with van der Waals surface area (Å²) in [5.41, 5.74) is 1.05. The van der Waals surface area contributed by atoms with Crippen LogP contribution in [0.15, 0.2) is 30.9 Å². The molecular formula is C32H54O10. The van der Waals surface area contributed by atoms with Crippen molar-refractivity contribution in [2.24, 2.45) is 0 Å². The van der Waals surface area contributed by atoms with Crippen molar-refractivity contribution >= 4 is 5.97 Å². The first kappa shape index (κ1) is 37.8. The highest BCUT2D eigenvalue weighted by molar-refractivity contribution is 5.81. The number of rotatable bonds is 31. The predicted octanol–water partition coefficient (Wildman–Crippen LogP) is 4.89. The zero-order valence-electron chi connectivity index (χ0n) is 25.7. The molecule has 42 heavy (non-hydrogen) atoms. The van der Waals surface area contributed by atoms with Crippen LogP contribution in [-0.4, -0.2) is 104 Å². The van der Waals surface area contributed by atoms with Gasteiger partial charge in [0.1, 0.15) is 24.7 Å². The molecule has 0 aliphatic rings. The molecule has 1 aromatic rings. The van der Waals surface area contributed by atoms with E-state index < -0.39 is 5.97 Å². The van der Waals surface area contributed by atoms with Gasteiger partial charge in [-0.3, -0.25) is 0 Å². The van der Waals surface area contributed by atoms with Gasteiger partial charge in [0, 0.05) is 6.08 Å². The van der Waals surface area contributed by atoms with E-state index in [0.29, 0.717) is 85.9 Å². The predicted molar refractivity (Wildman–Crippen MR) is 161 cm³/mol. The average molecular weight is 599 g/mol. The van der Waals surface area contributed by atoms with Gasteiger partial charge in [-0.05, 0) is 36.6 Å². The van der Waals surface area contributed by atoms with E-state index in [9.17, 15) is 9.90 Å². The Labute approximate surface area is 252 Å². The lowest BCUT2D eigenvalue weighted by molar-refractivity contribution is -0.139. The summed E-state index contributed by atoms with van der Waals surface area (Å²) >= 11 is 0. The number of benzene rings is 1. The molecular weight excluding hydrogens is 544 g/mol. The summed E-state index contributed by atoms with van der Waals surface area (Å²) in [6, 6.07) is 5.30. The van der Waals surface area contributed by atoms with Crippen molar-refractivity contribution < 1.29 is 47.8 Å². The van der Waals surface area contributed by atoms with E-state index >= 15 is 0 Å². The fourth-order valence-corrected chi connectivity index (χ4v) is 3.85. The molecule has 1 rings (SSSR count). The molecule has 0 radical (unpaired) electrons. The van der Waals surface area contributed by atoms with Gasteiger partial charge in [-0.25, -0.2) is 4.79 Å². The maximum atomic E-state index is 10.8. The number of carbonyl (C=O) groups excluding carboxylic acids is 1. The van der Waals surface area contributed by atoms with E-state index in [1.54, 1.807) is 12.1 Å². The number of phenolic OH excluding ortho intramolecular Hbond substituents is 1. The maximum Gasteiger partial charge on any atom is 0.330 e. The van der Waals surface area contributed by atoms with Crippen molar-refractivity contribution in [2.45, 2.75) is 58.3 Å². The second kappa shape index (κ2) is 28.9. The van der Waals surface area contributed by atoms with Gasteiger partial charge in [-0.1, -0.05) is 52.0 Å². The summed E-state index contributed by atoms with van der Waals surface area (Å²) in [5.74, 6) is 0.637. The third-order valence-corrected chi connectivity index (χ3v) is 6.08. The van der Waals surface area contributed by atoms with Gasteiger partial charge in [0.25, 0.3) is 0 Å². The lowest BCUT2D eigenvalue weighted by Gasteiger charge is -2.12. The molecule has 10 nitrogen and oxygen atoms in total. The van der Waals surface area contributed by atoms with E-state index in [2.05, 4.69) is 13.5 Å². The van der Waals surface area contributed by atoms with Crippen LogP contribution in [0.2, 0.25) is 0 Å². The van der Waals surface area contributed by atoms with Gasteiger partial charge in [-0.15, -0.1) is 0 Å². The molecule has 242 valence electrons. The summed E-state index contributed by atoms with van der Waals surface area (Å²) in [5, 5.41) is 9.87. The molecule has 0 atom stereocenters. The first-order valence-corrected chi connectivity index (χ1v) is 15.4. The number of carbonyl (C=O) groups is 1. The number of unbranched alkanes of at least 4 members (excludes halogenated alkanes) is 6. The Kier molecular flexibility index (Phi) is 26.0. The van der Waals surface area contributed by atoms with Gasteiger partial charge >= 0.3 is 5.97 Å². The molecule has 0 heterocycles. The molecule has 1 aromatic carbocycles. The number of esters is 1. The number of phenols is 1. The van der Waals surface area contributed by atoms with Crippen molar-refractivity contribution in [1.29, 1.82) is 0 Å². The summed E-state index contributed by atoms with van der Waals surface area (Å²) in [6.07, 6.45) is 10.8. The van der Waals surface area contributed by atoms with E-state index in [1.807, 2.05) is 6.07 Å². The minimum absolute atomic E-state index is 0.200. The molecule has 0 aliphatic heterocycles. The van der Waals surface area contributed by atoms with Crippen molar-refractivity contribution in [3.8, 4) is 11.5 Å². The molecule has 0 unspecified atom stereocenters. The lowest BCUT2D eigenvalue weighted by atomic mass is 10.0.